The molecule has 2 fully saturated rings. The highest BCUT2D eigenvalue weighted by atomic mass is 32.2. The van der Waals surface area contributed by atoms with Gasteiger partial charge >= 0.3 is 0 Å². The van der Waals surface area contributed by atoms with Crippen LogP contribution in [0.15, 0.2) is 52.5 Å². The minimum atomic E-state index is -3.87. The quantitative estimate of drug-likeness (QED) is 0.352. The van der Waals surface area contributed by atoms with Crippen molar-refractivity contribution in [2.75, 3.05) is 44.7 Å². The van der Waals surface area contributed by atoms with Gasteiger partial charge in [0.25, 0.3) is 0 Å². The van der Waals surface area contributed by atoms with E-state index in [0.29, 0.717) is 43.5 Å². The van der Waals surface area contributed by atoms with Gasteiger partial charge in [-0.05, 0) is 73.2 Å². The molecule has 2 aliphatic rings. The van der Waals surface area contributed by atoms with Crippen molar-refractivity contribution in [1.82, 2.24) is 9.21 Å². The lowest BCUT2D eigenvalue weighted by atomic mass is 9.94. The predicted octanol–water partition coefficient (Wildman–Crippen LogP) is 4.57. The summed E-state index contributed by atoms with van der Waals surface area (Å²) in [5.74, 6) is 0.0626. The molecule has 222 valence electrons. The summed E-state index contributed by atoms with van der Waals surface area (Å²) >= 11 is 0. The Morgan fingerprint density at radius 1 is 1.22 bits per heavy atom. The monoisotopic (exact) mass is 584 g/mol. The Balaban J connectivity index is 1.63. The SMILES string of the molecule is Cc1cc(Nc2ccc(F)cc2)c(C=N)cc1[C@@H]1CN(S(=O)(=O)C(C=NC2CCOCC2)=CN)CCN1CC(C)C. The molecular weight excluding hydrogens is 543 g/mol. The summed E-state index contributed by atoms with van der Waals surface area (Å²) in [7, 11) is -3.87. The Morgan fingerprint density at radius 2 is 1.93 bits per heavy atom. The molecule has 0 unspecified atom stereocenters. The van der Waals surface area contributed by atoms with Crippen LogP contribution >= 0.6 is 0 Å². The fourth-order valence-corrected chi connectivity index (χ4v) is 6.70. The van der Waals surface area contributed by atoms with E-state index < -0.39 is 10.0 Å². The number of benzene rings is 2. The molecule has 4 N–H and O–H groups in total. The van der Waals surface area contributed by atoms with Gasteiger partial charge in [-0.2, -0.15) is 4.31 Å². The van der Waals surface area contributed by atoms with Crippen molar-refractivity contribution in [3.05, 3.63) is 70.0 Å². The van der Waals surface area contributed by atoms with Crippen molar-refractivity contribution in [1.29, 1.82) is 5.41 Å². The zero-order valence-electron chi connectivity index (χ0n) is 24.0. The van der Waals surface area contributed by atoms with Crippen LogP contribution < -0.4 is 11.1 Å². The maximum atomic E-state index is 13.8. The number of aliphatic imine (C=N–C) groups is 1. The number of halogens is 1. The second-order valence-electron chi connectivity index (χ2n) is 11.0. The molecule has 2 aromatic carbocycles. The molecule has 2 aliphatic heterocycles. The predicted molar refractivity (Wildman–Crippen MR) is 163 cm³/mol. The Bertz CT molecular complexity index is 1370. The maximum absolute atomic E-state index is 13.8. The Hall–Kier alpha value is -3.12. The second-order valence-corrected chi connectivity index (χ2v) is 13.0. The summed E-state index contributed by atoms with van der Waals surface area (Å²) in [5.41, 5.74) is 9.84. The number of piperazine rings is 1. The van der Waals surface area contributed by atoms with E-state index in [1.165, 1.54) is 28.9 Å². The Labute approximate surface area is 242 Å². The van der Waals surface area contributed by atoms with E-state index >= 15 is 0 Å². The van der Waals surface area contributed by atoms with Crippen molar-refractivity contribution in [3.63, 3.8) is 0 Å². The lowest BCUT2D eigenvalue weighted by molar-refractivity contribution is 0.0872. The molecule has 0 amide bonds. The molecule has 0 radical (unpaired) electrons. The third-order valence-corrected chi connectivity index (χ3v) is 9.38. The fourth-order valence-electron chi connectivity index (χ4n) is 5.37. The van der Waals surface area contributed by atoms with Crippen molar-refractivity contribution in [3.8, 4) is 0 Å². The Morgan fingerprint density at radius 3 is 2.56 bits per heavy atom. The van der Waals surface area contributed by atoms with Crippen LogP contribution in [0.2, 0.25) is 0 Å². The normalized spacial score (nSPS) is 20.1. The van der Waals surface area contributed by atoms with Gasteiger partial charge in [0.05, 0.1) is 6.04 Å². The summed E-state index contributed by atoms with van der Waals surface area (Å²) in [5, 5.41) is 11.4. The van der Waals surface area contributed by atoms with Crippen molar-refractivity contribution in [2.45, 2.75) is 45.7 Å². The van der Waals surface area contributed by atoms with Crippen LogP contribution in [0, 0.1) is 24.1 Å². The van der Waals surface area contributed by atoms with E-state index in [9.17, 15) is 12.8 Å². The molecule has 1 atom stereocenters. The summed E-state index contributed by atoms with van der Waals surface area (Å²) in [6.07, 6.45) is 5.31. The summed E-state index contributed by atoms with van der Waals surface area (Å²) < 4.78 is 47.8. The first kappa shape index (κ1) is 30.8. The minimum absolute atomic E-state index is 0.00389. The summed E-state index contributed by atoms with van der Waals surface area (Å²) in [6.45, 7) is 9.48. The number of nitrogens with two attached hydrogens (primary N) is 1. The first-order chi connectivity index (χ1) is 19.6. The van der Waals surface area contributed by atoms with Gasteiger partial charge in [0.15, 0.2) is 0 Å². The number of hydrogen-bond acceptors (Lipinski definition) is 8. The van der Waals surface area contributed by atoms with Gasteiger partial charge in [0.2, 0.25) is 10.0 Å². The van der Waals surface area contributed by atoms with Gasteiger partial charge in [0.1, 0.15) is 10.7 Å². The second kappa shape index (κ2) is 13.7. The fraction of sp³-hybridized carbons (Fsp3) is 0.467. The first-order valence-corrected chi connectivity index (χ1v) is 15.5. The lowest BCUT2D eigenvalue weighted by Crippen LogP contribution is -2.51. The summed E-state index contributed by atoms with van der Waals surface area (Å²) in [6, 6.07) is 9.78. The number of nitrogens with one attached hydrogen (secondary N) is 2. The number of rotatable bonds is 10. The molecule has 11 heteroatoms. The van der Waals surface area contributed by atoms with E-state index in [1.807, 2.05) is 19.1 Å². The third kappa shape index (κ3) is 7.59. The van der Waals surface area contributed by atoms with Gasteiger partial charge in [-0.1, -0.05) is 13.8 Å². The van der Waals surface area contributed by atoms with E-state index in [-0.39, 0.29) is 29.4 Å². The van der Waals surface area contributed by atoms with Crippen molar-refractivity contribution < 1.29 is 17.5 Å². The molecule has 2 aromatic rings. The van der Waals surface area contributed by atoms with Crippen LogP contribution in [-0.4, -0.2) is 75.5 Å². The van der Waals surface area contributed by atoms with Gasteiger partial charge in [-0.25, -0.2) is 12.8 Å². The van der Waals surface area contributed by atoms with Gasteiger partial charge < -0.3 is 21.2 Å². The van der Waals surface area contributed by atoms with E-state index in [1.54, 1.807) is 12.1 Å². The number of hydrogen-bond donors (Lipinski definition) is 3. The smallest absolute Gasteiger partial charge is 0.246 e. The molecule has 2 saturated heterocycles. The van der Waals surface area contributed by atoms with E-state index in [2.05, 4.69) is 29.1 Å². The van der Waals surface area contributed by atoms with E-state index in [4.69, 9.17) is 15.9 Å². The molecule has 9 nitrogen and oxygen atoms in total. The number of nitrogens with zero attached hydrogens (tertiary/aromatic N) is 3. The molecule has 2 heterocycles. The van der Waals surface area contributed by atoms with Gasteiger partial charge in [0, 0.05) is 81.0 Å². The van der Waals surface area contributed by atoms with Crippen molar-refractivity contribution in [2.24, 2.45) is 16.6 Å². The van der Waals surface area contributed by atoms with Crippen LogP contribution in [0.5, 0.6) is 0 Å². The maximum Gasteiger partial charge on any atom is 0.246 e. The standard InChI is InChI=1S/C30H41FN6O3S/c1-21(2)19-36-10-11-37(41(38,39)27(17-33)18-34-25-8-12-40-13-9-25)20-30(36)28-15-23(16-32)29(14-22(28)3)35-26-6-4-24(31)5-7-26/h4-7,14-18,21,25,30,32,35H,8-13,19-20,33H2,1-3H3/t30-/m0/s1. The zero-order valence-corrected chi connectivity index (χ0v) is 24.8. The molecule has 4 rings (SSSR count). The van der Waals surface area contributed by atoms with Crippen LogP contribution in [-0.2, 0) is 14.8 Å². The highest BCUT2D eigenvalue weighted by Gasteiger charge is 2.36. The summed E-state index contributed by atoms with van der Waals surface area (Å²) in [4.78, 5) is 6.83. The largest absolute Gasteiger partial charge is 0.403 e. The zero-order chi connectivity index (χ0) is 29.6. The average Bonchev–Trinajstić information content (AvgIpc) is 2.95. The third-order valence-electron chi connectivity index (χ3n) is 7.54. The number of sulfonamides is 1. The molecule has 0 spiro atoms. The van der Waals surface area contributed by atoms with Gasteiger partial charge in [-0.15, -0.1) is 0 Å². The average molecular weight is 585 g/mol. The van der Waals surface area contributed by atoms with Crippen LogP contribution in [0.4, 0.5) is 15.8 Å². The number of allylic oxidation sites excluding steroid dienone is 1. The highest BCUT2D eigenvalue weighted by Crippen LogP contribution is 2.34. The van der Waals surface area contributed by atoms with Crippen LogP contribution in [0.25, 0.3) is 0 Å². The van der Waals surface area contributed by atoms with Crippen LogP contribution in [0.3, 0.4) is 0 Å². The topological polar surface area (TPSA) is 124 Å². The van der Waals surface area contributed by atoms with Gasteiger partial charge in [-0.3, -0.25) is 9.89 Å². The van der Waals surface area contributed by atoms with Crippen molar-refractivity contribution >= 4 is 33.8 Å². The lowest BCUT2D eigenvalue weighted by Gasteiger charge is -2.42. The minimum Gasteiger partial charge on any atom is -0.403 e. The highest BCUT2D eigenvalue weighted by molar-refractivity contribution is 7.93. The number of aryl methyl sites for hydroxylation is 1. The van der Waals surface area contributed by atoms with E-state index in [0.717, 1.165) is 42.4 Å². The molecule has 0 aliphatic carbocycles. The number of ether oxygens (including phenoxy) is 1. The molecule has 0 saturated carbocycles. The number of anilines is 2. The molecule has 41 heavy (non-hydrogen) atoms. The molecular formula is C30H41FN6O3S. The van der Waals surface area contributed by atoms with Crippen LogP contribution in [0.1, 0.15) is 49.4 Å². The first-order valence-electron chi connectivity index (χ1n) is 14.1. The molecule has 0 aromatic heterocycles. The molecule has 0 bridgehead atoms. The Kier molecular flexibility index (Phi) is 10.3.